The number of thiazole rings is 1. The Balaban J connectivity index is 2.38. The van der Waals surface area contributed by atoms with Crippen LogP contribution in [0.5, 0.6) is 0 Å². The molecular formula is C21H32N6OS. The molecule has 29 heavy (non-hydrogen) atoms. The number of rotatable bonds is 12. The predicted molar refractivity (Wildman–Crippen MR) is 124 cm³/mol. The molecule has 2 aromatic heterocycles. The lowest BCUT2D eigenvalue weighted by atomic mass is 10.0. The Bertz CT molecular complexity index is 829. The van der Waals surface area contributed by atoms with Gasteiger partial charge in [-0.2, -0.15) is 4.98 Å². The summed E-state index contributed by atoms with van der Waals surface area (Å²) >= 11 is 1.59. The van der Waals surface area contributed by atoms with E-state index in [1.807, 2.05) is 19.9 Å². The van der Waals surface area contributed by atoms with Gasteiger partial charge >= 0.3 is 0 Å². The van der Waals surface area contributed by atoms with Gasteiger partial charge in [-0.05, 0) is 45.4 Å². The van der Waals surface area contributed by atoms with Gasteiger partial charge < -0.3 is 15.7 Å². The van der Waals surface area contributed by atoms with Crippen LogP contribution in [0.3, 0.4) is 0 Å². The van der Waals surface area contributed by atoms with Crippen molar-refractivity contribution in [3.63, 3.8) is 0 Å². The number of nitrogens with zero attached hydrogens (tertiary/aromatic N) is 4. The minimum Gasteiger partial charge on any atom is -0.396 e. The molecule has 0 aliphatic carbocycles. The highest BCUT2D eigenvalue weighted by atomic mass is 32.1. The Morgan fingerprint density at radius 2 is 1.93 bits per heavy atom. The maximum absolute atomic E-state index is 9.46. The number of aromatic nitrogens is 3. The Morgan fingerprint density at radius 3 is 2.59 bits per heavy atom. The maximum Gasteiger partial charge on any atom is 0.224 e. The number of anilines is 2. The molecule has 7 nitrogen and oxygen atoms in total. The van der Waals surface area contributed by atoms with Gasteiger partial charge in [-0.1, -0.05) is 20.3 Å². The average molecular weight is 417 g/mol. The van der Waals surface area contributed by atoms with E-state index < -0.39 is 0 Å². The van der Waals surface area contributed by atoms with Gasteiger partial charge in [0.25, 0.3) is 0 Å². The van der Waals surface area contributed by atoms with Crippen molar-refractivity contribution in [1.29, 1.82) is 0 Å². The lowest BCUT2D eigenvalue weighted by Crippen LogP contribution is -2.15. The van der Waals surface area contributed by atoms with Crippen LogP contribution in [-0.4, -0.2) is 46.5 Å². The van der Waals surface area contributed by atoms with E-state index in [4.69, 9.17) is 9.97 Å². The van der Waals surface area contributed by atoms with Gasteiger partial charge in [0.2, 0.25) is 5.95 Å². The fourth-order valence-electron chi connectivity index (χ4n) is 2.88. The molecule has 0 saturated heterocycles. The summed E-state index contributed by atoms with van der Waals surface area (Å²) in [5.41, 5.74) is 2.74. The first kappa shape index (κ1) is 23.0. The minimum absolute atomic E-state index is 0.204. The standard InChI is InChI=1S/C21H32N6OS/c1-6-10-24-21-26-15(4)18(19(27-21)23-12-8-16(7-2)13-28)20-25-14(3)17(29-20)9-11-22-5/h9,11,16,28H,5-8,10,12-13H2,1-4H3,(H2,23,24,26,27)/b11-9-. The third-order valence-electron chi connectivity index (χ3n) is 4.68. The topological polar surface area (TPSA) is 95.3 Å². The molecule has 2 rings (SSSR count). The van der Waals surface area contributed by atoms with Crippen LogP contribution in [0.1, 0.15) is 49.4 Å². The molecule has 1 unspecified atom stereocenters. The highest BCUT2D eigenvalue weighted by molar-refractivity contribution is 7.16. The van der Waals surface area contributed by atoms with Gasteiger partial charge in [0.15, 0.2) is 0 Å². The van der Waals surface area contributed by atoms with Crippen LogP contribution in [-0.2, 0) is 0 Å². The molecule has 0 bridgehead atoms. The first-order valence-corrected chi connectivity index (χ1v) is 10.9. The molecule has 0 aliphatic rings. The van der Waals surface area contributed by atoms with Gasteiger partial charge in [-0.25, -0.2) is 9.97 Å². The molecule has 2 heterocycles. The first-order chi connectivity index (χ1) is 14.0. The number of aliphatic imine (C=N–C) groups is 1. The van der Waals surface area contributed by atoms with Crippen LogP contribution < -0.4 is 10.6 Å². The summed E-state index contributed by atoms with van der Waals surface area (Å²) in [4.78, 5) is 18.9. The SMILES string of the molecule is C=N/C=C\c1sc(-c2c(C)nc(NCCC)nc2NCCC(CC)CO)nc1C. The Hall–Kier alpha value is -2.32. The van der Waals surface area contributed by atoms with Crippen molar-refractivity contribution in [3.8, 4) is 10.6 Å². The zero-order valence-corrected chi connectivity index (χ0v) is 18.6. The van der Waals surface area contributed by atoms with Crippen LogP contribution in [0.25, 0.3) is 16.6 Å². The van der Waals surface area contributed by atoms with Crippen LogP contribution >= 0.6 is 11.3 Å². The van der Waals surface area contributed by atoms with E-state index in [0.29, 0.717) is 5.95 Å². The van der Waals surface area contributed by atoms with E-state index in [-0.39, 0.29) is 12.5 Å². The second kappa shape index (κ2) is 11.6. The molecule has 0 spiro atoms. The molecule has 0 aliphatic heterocycles. The highest BCUT2D eigenvalue weighted by Gasteiger charge is 2.18. The molecule has 0 aromatic carbocycles. The quantitative estimate of drug-likeness (QED) is 0.440. The van der Waals surface area contributed by atoms with Gasteiger partial charge in [0, 0.05) is 25.9 Å². The highest BCUT2D eigenvalue weighted by Crippen LogP contribution is 2.35. The number of nitrogens with one attached hydrogen (secondary N) is 2. The number of aliphatic hydroxyl groups is 1. The number of hydrogen-bond donors (Lipinski definition) is 3. The van der Waals surface area contributed by atoms with Gasteiger partial charge in [-0.3, -0.25) is 4.99 Å². The number of aryl methyl sites for hydroxylation is 2. The summed E-state index contributed by atoms with van der Waals surface area (Å²) in [6.45, 7) is 13.4. The second-order valence-corrected chi connectivity index (χ2v) is 7.95. The summed E-state index contributed by atoms with van der Waals surface area (Å²) in [6.07, 6.45) is 6.42. The molecular weight excluding hydrogens is 384 g/mol. The summed E-state index contributed by atoms with van der Waals surface area (Å²) in [5.74, 6) is 1.68. The first-order valence-electron chi connectivity index (χ1n) is 10.1. The van der Waals surface area contributed by atoms with E-state index >= 15 is 0 Å². The third-order valence-corrected chi connectivity index (χ3v) is 5.82. The van der Waals surface area contributed by atoms with Crippen molar-refractivity contribution >= 4 is 35.9 Å². The van der Waals surface area contributed by atoms with Gasteiger partial charge in [-0.15, -0.1) is 11.3 Å². The molecule has 2 aromatic rings. The lowest BCUT2D eigenvalue weighted by molar-refractivity contribution is 0.217. The molecule has 1 atom stereocenters. The Labute approximate surface area is 177 Å². The Kier molecular flexibility index (Phi) is 9.21. The fourth-order valence-corrected chi connectivity index (χ4v) is 3.94. The molecule has 0 radical (unpaired) electrons. The molecule has 3 N–H and O–H groups in total. The van der Waals surface area contributed by atoms with E-state index in [0.717, 1.165) is 65.0 Å². The summed E-state index contributed by atoms with van der Waals surface area (Å²) < 4.78 is 0. The molecule has 158 valence electrons. The van der Waals surface area contributed by atoms with Crippen LogP contribution in [0.4, 0.5) is 11.8 Å². The molecule has 0 fully saturated rings. The number of hydrogen-bond acceptors (Lipinski definition) is 8. The Morgan fingerprint density at radius 1 is 1.14 bits per heavy atom. The summed E-state index contributed by atoms with van der Waals surface area (Å²) in [6, 6.07) is 0. The molecule has 0 amide bonds. The molecule has 8 heteroatoms. The average Bonchev–Trinajstić information content (AvgIpc) is 3.07. The predicted octanol–water partition coefficient (Wildman–Crippen LogP) is 4.53. The summed E-state index contributed by atoms with van der Waals surface area (Å²) in [5, 5.41) is 17.1. The van der Waals surface area contributed by atoms with Crippen molar-refractivity contribution in [2.24, 2.45) is 10.9 Å². The monoisotopic (exact) mass is 416 g/mol. The van der Waals surface area contributed by atoms with Crippen LogP contribution in [0.2, 0.25) is 0 Å². The van der Waals surface area contributed by atoms with Crippen molar-refractivity contribution in [2.75, 3.05) is 30.3 Å². The van der Waals surface area contributed by atoms with Crippen LogP contribution in [0, 0.1) is 19.8 Å². The van der Waals surface area contributed by atoms with Gasteiger partial charge in [0.05, 0.1) is 21.8 Å². The fraction of sp³-hybridized carbons (Fsp3) is 0.524. The van der Waals surface area contributed by atoms with E-state index in [9.17, 15) is 5.11 Å². The molecule has 0 saturated carbocycles. The second-order valence-electron chi connectivity index (χ2n) is 6.92. The normalized spacial score (nSPS) is 12.3. The van der Waals surface area contributed by atoms with Crippen molar-refractivity contribution in [2.45, 2.75) is 47.0 Å². The van der Waals surface area contributed by atoms with E-state index in [2.05, 4.69) is 41.2 Å². The van der Waals surface area contributed by atoms with E-state index in [1.54, 1.807) is 17.5 Å². The van der Waals surface area contributed by atoms with Crippen molar-refractivity contribution < 1.29 is 5.11 Å². The maximum atomic E-state index is 9.46. The van der Waals surface area contributed by atoms with E-state index in [1.165, 1.54) is 0 Å². The smallest absolute Gasteiger partial charge is 0.224 e. The lowest BCUT2D eigenvalue weighted by Gasteiger charge is -2.16. The largest absolute Gasteiger partial charge is 0.396 e. The van der Waals surface area contributed by atoms with Crippen molar-refractivity contribution in [3.05, 3.63) is 22.5 Å². The van der Waals surface area contributed by atoms with Crippen LogP contribution in [0.15, 0.2) is 11.2 Å². The zero-order chi connectivity index (χ0) is 21.2. The van der Waals surface area contributed by atoms with Crippen molar-refractivity contribution in [1.82, 2.24) is 15.0 Å². The minimum atomic E-state index is 0.204. The zero-order valence-electron chi connectivity index (χ0n) is 17.8. The third kappa shape index (κ3) is 6.33. The number of aliphatic hydroxyl groups excluding tert-OH is 1. The summed E-state index contributed by atoms with van der Waals surface area (Å²) in [7, 11) is 0. The van der Waals surface area contributed by atoms with Gasteiger partial charge in [0.1, 0.15) is 10.8 Å².